The Balaban J connectivity index is 2.09. The van der Waals surface area contributed by atoms with Crippen LogP contribution in [0.2, 0.25) is 0 Å². The van der Waals surface area contributed by atoms with Crippen molar-refractivity contribution in [1.82, 2.24) is 19.7 Å². The largest absolute Gasteiger partial charge is 0.418 e. The zero-order chi connectivity index (χ0) is 16.6. The third-order valence-electron chi connectivity index (χ3n) is 3.75. The second kappa shape index (κ2) is 5.92. The lowest BCUT2D eigenvalue weighted by Crippen LogP contribution is -2.15. The molecule has 1 fully saturated rings. The first-order valence-electron chi connectivity index (χ1n) is 7.44. The summed E-state index contributed by atoms with van der Waals surface area (Å²) in [5, 5.41) is 4.32. The molecule has 5 nitrogen and oxygen atoms in total. The lowest BCUT2D eigenvalue weighted by atomic mass is 10.1. The SMILES string of the molecule is CC(C)c1nc(-c2ncccc2C(F)(F)F)nn1C1CCOC1. The highest BCUT2D eigenvalue weighted by Gasteiger charge is 2.36. The van der Waals surface area contributed by atoms with Crippen LogP contribution in [0.25, 0.3) is 11.5 Å². The molecule has 0 bridgehead atoms. The first kappa shape index (κ1) is 15.9. The first-order chi connectivity index (χ1) is 10.9. The Morgan fingerprint density at radius 3 is 2.74 bits per heavy atom. The summed E-state index contributed by atoms with van der Waals surface area (Å²) in [4.78, 5) is 8.20. The summed E-state index contributed by atoms with van der Waals surface area (Å²) in [6.45, 7) is 4.98. The summed E-state index contributed by atoms with van der Waals surface area (Å²) < 4.78 is 46.6. The van der Waals surface area contributed by atoms with Gasteiger partial charge in [0.15, 0.2) is 0 Å². The lowest BCUT2D eigenvalue weighted by Gasteiger charge is -2.13. The molecule has 3 rings (SSSR count). The number of aromatic nitrogens is 4. The number of hydrogen-bond acceptors (Lipinski definition) is 4. The van der Waals surface area contributed by atoms with Crippen LogP contribution in [0.1, 0.15) is 43.6 Å². The molecule has 3 heterocycles. The van der Waals surface area contributed by atoms with Gasteiger partial charge in [0.2, 0.25) is 5.82 Å². The van der Waals surface area contributed by atoms with Gasteiger partial charge >= 0.3 is 6.18 Å². The fourth-order valence-electron chi connectivity index (χ4n) is 2.63. The third kappa shape index (κ3) is 3.08. The van der Waals surface area contributed by atoms with Crippen molar-refractivity contribution in [1.29, 1.82) is 0 Å². The summed E-state index contributed by atoms with van der Waals surface area (Å²) in [5.74, 6) is 0.692. The maximum absolute atomic E-state index is 13.2. The number of halogens is 3. The van der Waals surface area contributed by atoms with Crippen molar-refractivity contribution in [3.8, 4) is 11.5 Å². The van der Waals surface area contributed by atoms with Gasteiger partial charge in [-0.3, -0.25) is 4.98 Å². The van der Waals surface area contributed by atoms with Crippen LogP contribution in [0.3, 0.4) is 0 Å². The molecule has 0 aliphatic carbocycles. The van der Waals surface area contributed by atoms with Gasteiger partial charge in [0.1, 0.15) is 11.5 Å². The molecule has 23 heavy (non-hydrogen) atoms. The minimum atomic E-state index is -4.50. The van der Waals surface area contributed by atoms with E-state index in [0.717, 1.165) is 12.5 Å². The van der Waals surface area contributed by atoms with Crippen LogP contribution in [-0.4, -0.2) is 33.0 Å². The molecule has 0 amide bonds. The molecule has 0 aromatic carbocycles. The van der Waals surface area contributed by atoms with Gasteiger partial charge in [0, 0.05) is 18.7 Å². The van der Waals surface area contributed by atoms with Gasteiger partial charge in [0.25, 0.3) is 0 Å². The monoisotopic (exact) mass is 326 g/mol. The van der Waals surface area contributed by atoms with Crippen LogP contribution in [0.5, 0.6) is 0 Å². The van der Waals surface area contributed by atoms with E-state index in [9.17, 15) is 13.2 Å². The summed E-state index contributed by atoms with van der Waals surface area (Å²) in [6.07, 6.45) is -2.40. The number of alkyl halides is 3. The number of nitrogens with zero attached hydrogens (tertiary/aromatic N) is 4. The highest BCUT2D eigenvalue weighted by Crippen LogP contribution is 2.35. The van der Waals surface area contributed by atoms with E-state index in [1.54, 1.807) is 4.68 Å². The molecule has 0 N–H and O–H groups in total. The standard InChI is InChI=1S/C15H17F3N4O/c1-9(2)14-20-13(21-22(14)10-5-7-23-8-10)12-11(15(16,17)18)4-3-6-19-12/h3-4,6,9-10H,5,7-8H2,1-2H3. The Kier molecular flexibility index (Phi) is 4.09. The minimum absolute atomic E-state index is 0.00620. The van der Waals surface area contributed by atoms with Crippen LogP contribution in [-0.2, 0) is 10.9 Å². The minimum Gasteiger partial charge on any atom is -0.379 e. The highest BCUT2D eigenvalue weighted by molar-refractivity contribution is 5.55. The maximum Gasteiger partial charge on any atom is 0.418 e. The van der Waals surface area contributed by atoms with Crippen molar-refractivity contribution in [2.24, 2.45) is 0 Å². The topological polar surface area (TPSA) is 52.8 Å². The molecule has 1 aliphatic heterocycles. The second-order valence-corrected chi connectivity index (χ2v) is 5.81. The molecule has 8 heteroatoms. The van der Waals surface area contributed by atoms with Crippen LogP contribution in [0.4, 0.5) is 13.2 Å². The van der Waals surface area contributed by atoms with Gasteiger partial charge in [-0.05, 0) is 18.6 Å². The Labute approximate surface area is 131 Å². The van der Waals surface area contributed by atoms with E-state index in [1.807, 2.05) is 13.8 Å². The van der Waals surface area contributed by atoms with Crippen LogP contribution in [0.15, 0.2) is 18.3 Å². The van der Waals surface area contributed by atoms with E-state index in [1.165, 1.54) is 12.3 Å². The summed E-state index contributed by atoms with van der Waals surface area (Å²) in [5.41, 5.74) is -1.06. The number of ether oxygens (including phenoxy) is 1. The molecule has 0 radical (unpaired) electrons. The average Bonchev–Trinajstić information content (AvgIpc) is 3.15. The smallest absolute Gasteiger partial charge is 0.379 e. The van der Waals surface area contributed by atoms with Gasteiger partial charge in [-0.2, -0.15) is 13.2 Å². The van der Waals surface area contributed by atoms with Crippen LogP contribution < -0.4 is 0 Å². The molecule has 1 unspecified atom stereocenters. The summed E-state index contributed by atoms with van der Waals surface area (Å²) in [7, 11) is 0. The average molecular weight is 326 g/mol. The lowest BCUT2D eigenvalue weighted by molar-refractivity contribution is -0.137. The third-order valence-corrected chi connectivity index (χ3v) is 3.75. The van der Waals surface area contributed by atoms with E-state index in [0.29, 0.717) is 19.0 Å². The zero-order valence-electron chi connectivity index (χ0n) is 12.8. The van der Waals surface area contributed by atoms with Gasteiger partial charge in [-0.25, -0.2) is 9.67 Å². The van der Waals surface area contributed by atoms with Crippen LogP contribution >= 0.6 is 0 Å². The molecule has 0 saturated carbocycles. The van der Waals surface area contributed by atoms with Crippen molar-refractivity contribution in [3.63, 3.8) is 0 Å². The molecule has 1 aliphatic rings. The fraction of sp³-hybridized carbons (Fsp3) is 0.533. The van der Waals surface area contributed by atoms with Crippen molar-refractivity contribution >= 4 is 0 Å². The Morgan fingerprint density at radius 1 is 1.35 bits per heavy atom. The predicted molar refractivity (Wildman–Crippen MR) is 76.8 cm³/mol. The van der Waals surface area contributed by atoms with Crippen molar-refractivity contribution < 1.29 is 17.9 Å². The molecular weight excluding hydrogens is 309 g/mol. The van der Waals surface area contributed by atoms with Gasteiger partial charge in [-0.1, -0.05) is 13.8 Å². The maximum atomic E-state index is 13.2. The predicted octanol–water partition coefficient (Wildman–Crippen LogP) is 3.44. The quantitative estimate of drug-likeness (QED) is 0.867. The Hall–Kier alpha value is -1.96. The zero-order valence-corrected chi connectivity index (χ0v) is 12.8. The molecule has 2 aromatic rings. The van der Waals surface area contributed by atoms with E-state index in [-0.39, 0.29) is 23.5 Å². The van der Waals surface area contributed by atoms with E-state index in [4.69, 9.17) is 4.74 Å². The highest BCUT2D eigenvalue weighted by atomic mass is 19.4. The Morgan fingerprint density at radius 2 is 2.13 bits per heavy atom. The van der Waals surface area contributed by atoms with Gasteiger partial charge < -0.3 is 4.74 Å². The number of pyridine rings is 1. The summed E-state index contributed by atoms with van der Waals surface area (Å²) >= 11 is 0. The normalized spacial score (nSPS) is 18.8. The second-order valence-electron chi connectivity index (χ2n) is 5.81. The van der Waals surface area contributed by atoms with Crippen molar-refractivity contribution in [2.45, 2.75) is 38.4 Å². The van der Waals surface area contributed by atoms with Crippen molar-refractivity contribution in [2.75, 3.05) is 13.2 Å². The number of hydrogen-bond donors (Lipinski definition) is 0. The molecule has 0 spiro atoms. The van der Waals surface area contributed by atoms with E-state index in [2.05, 4.69) is 15.1 Å². The Bertz CT molecular complexity index is 690. The van der Waals surface area contributed by atoms with Crippen molar-refractivity contribution in [3.05, 3.63) is 29.7 Å². The molecule has 124 valence electrons. The molecule has 1 saturated heterocycles. The molecule has 2 aromatic heterocycles. The van der Waals surface area contributed by atoms with E-state index >= 15 is 0 Å². The number of rotatable bonds is 3. The van der Waals surface area contributed by atoms with Crippen LogP contribution in [0, 0.1) is 0 Å². The summed E-state index contributed by atoms with van der Waals surface area (Å²) in [6, 6.07) is 2.26. The molecular formula is C15H17F3N4O. The van der Waals surface area contributed by atoms with Gasteiger partial charge in [0.05, 0.1) is 18.2 Å². The van der Waals surface area contributed by atoms with Gasteiger partial charge in [-0.15, -0.1) is 5.10 Å². The molecule has 1 atom stereocenters. The fourth-order valence-corrected chi connectivity index (χ4v) is 2.63. The first-order valence-corrected chi connectivity index (χ1v) is 7.44. The van der Waals surface area contributed by atoms with E-state index < -0.39 is 11.7 Å².